The zero-order valence-electron chi connectivity index (χ0n) is 10.7. The van der Waals surface area contributed by atoms with Gasteiger partial charge in [-0.3, -0.25) is 4.57 Å². The molecule has 0 amide bonds. The number of benzene rings is 2. The second-order valence-corrected chi connectivity index (χ2v) is 5.34. The van der Waals surface area contributed by atoms with Crippen molar-refractivity contribution in [2.45, 2.75) is 6.54 Å². The minimum atomic E-state index is -0.316. The maximum Gasteiger partial charge on any atom is 0.420 e. The molecule has 2 aromatic carbocycles. The summed E-state index contributed by atoms with van der Waals surface area (Å²) < 4.78 is 7.87. The van der Waals surface area contributed by atoms with Gasteiger partial charge in [0.1, 0.15) is 0 Å². The van der Waals surface area contributed by atoms with Crippen LogP contribution in [0, 0.1) is 0 Å². The van der Waals surface area contributed by atoms with Crippen molar-refractivity contribution in [2.24, 2.45) is 0 Å². The van der Waals surface area contributed by atoms with Crippen LogP contribution in [0.15, 0.2) is 62.2 Å². The van der Waals surface area contributed by atoms with Crippen molar-refractivity contribution in [3.63, 3.8) is 0 Å². The van der Waals surface area contributed by atoms with Crippen LogP contribution >= 0.6 is 15.9 Å². The van der Waals surface area contributed by atoms with E-state index in [2.05, 4.69) is 21.2 Å². The summed E-state index contributed by atoms with van der Waals surface area (Å²) in [5, 5.41) is 3.28. The average Bonchev–Trinajstić information content (AvgIpc) is 2.77. The Bertz CT molecular complexity index is 774. The molecule has 3 rings (SSSR count). The maximum absolute atomic E-state index is 11.8. The second-order valence-electron chi connectivity index (χ2n) is 4.42. The van der Waals surface area contributed by atoms with Gasteiger partial charge in [-0.2, -0.15) is 0 Å². The topological polar surface area (TPSA) is 47.2 Å². The smallest absolute Gasteiger partial charge is 0.408 e. The Morgan fingerprint density at radius 3 is 2.65 bits per heavy atom. The van der Waals surface area contributed by atoms with Gasteiger partial charge in [0.2, 0.25) is 0 Å². The number of fused-ring (bicyclic) bond motifs is 1. The van der Waals surface area contributed by atoms with E-state index in [0.717, 1.165) is 15.7 Å². The third-order valence-corrected chi connectivity index (χ3v) is 3.61. The number of oxazole rings is 1. The molecule has 3 aromatic rings. The molecule has 0 aliphatic rings. The Kier molecular flexibility index (Phi) is 3.60. The molecule has 102 valence electrons. The number of anilines is 1. The maximum atomic E-state index is 11.8. The molecule has 20 heavy (non-hydrogen) atoms. The van der Waals surface area contributed by atoms with Crippen LogP contribution in [0.25, 0.3) is 11.1 Å². The Morgan fingerprint density at radius 2 is 1.85 bits per heavy atom. The summed E-state index contributed by atoms with van der Waals surface area (Å²) in [6.07, 6.45) is 0. The highest BCUT2D eigenvalue weighted by Crippen LogP contribution is 2.14. The van der Waals surface area contributed by atoms with E-state index in [0.29, 0.717) is 18.7 Å². The van der Waals surface area contributed by atoms with Gasteiger partial charge in [0.05, 0.1) is 5.52 Å². The van der Waals surface area contributed by atoms with Gasteiger partial charge in [-0.1, -0.05) is 28.1 Å². The lowest BCUT2D eigenvalue weighted by molar-refractivity contribution is 0.510. The van der Waals surface area contributed by atoms with E-state index in [1.807, 2.05) is 42.5 Å². The van der Waals surface area contributed by atoms with E-state index in [1.165, 1.54) is 0 Å². The van der Waals surface area contributed by atoms with E-state index >= 15 is 0 Å². The van der Waals surface area contributed by atoms with Crippen LogP contribution < -0.4 is 11.1 Å². The quantitative estimate of drug-likeness (QED) is 0.795. The number of aromatic nitrogens is 1. The summed E-state index contributed by atoms with van der Waals surface area (Å²) in [5.74, 6) is -0.316. The number of nitrogens with zero attached hydrogens (tertiary/aromatic N) is 1. The monoisotopic (exact) mass is 332 g/mol. The van der Waals surface area contributed by atoms with Crippen LogP contribution in [0.5, 0.6) is 0 Å². The van der Waals surface area contributed by atoms with E-state index in [9.17, 15) is 4.79 Å². The first kappa shape index (κ1) is 13.0. The molecule has 0 aliphatic heterocycles. The molecule has 4 nitrogen and oxygen atoms in total. The minimum Gasteiger partial charge on any atom is -0.408 e. The first-order chi connectivity index (χ1) is 9.74. The lowest BCUT2D eigenvalue weighted by Crippen LogP contribution is -2.19. The summed E-state index contributed by atoms with van der Waals surface area (Å²) in [6.45, 7) is 1.22. The Labute approximate surface area is 124 Å². The molecule has 0 saturated heterocycles. The predicted octanol–water partition coefficient (Wildman–Crippen LogP) is 3.47. The third kappa shape index (κ3) is 2.63. The second kappa shape index (κ2) is 5.54. The van der Waals surface area contributed by atoms with Gasteiger partial charge < -0.3 is 9.73 Å². The van der Waals surface area contributed by atoms with E-state index in [4.69, 9.17) is 4.42 Å². The molecule has 1 heterocycles. The molecule has 0 radical (unpaired) electrons. The highest BCUT2D eigenvalue weighted by atomic mass is 79.9. The predicted molar refractivity (Wildman–Crippen MR) is 83.1 cm³/mol. The van der Waals surface area contributed by atoms with Gasteiger partial charge in [0.25, 0.3) is 0 Å². The van der Waals surface area contributed by atoms with Crippen LogP contribution in [0.3, 0.4) is 0 Å². The van der Waals surface area contributed by atoms with Gasteiger partial charge in [-0.05, 0) is 36.4 Å². The molecule has 0 saturated carbocycles. The van der Waals surface area contributed by atoms with Gasteiger partial charge in [0.15, 0.2) is 5.58 Å². The molecule has 0 atom stereocenters. The molecule has 1 aromatic heterocycles. The van der Waals surface area contributed by atoms with Crippen LogP contribution in [0.1, 0.15) is 0 Å². The first-order valence-corrected chi connectivity index (χ1v) is 7.11. The van der Waals surface area contributed by atoms with Crippen molar-refractivity contribution < 1.29 is 4.42 Å². The fourth-order valence-corrected chi connectivity index (χ4v) is 2.37. The van der Waals surface area contributed by atoms with Crippen molar-refractivity contribution in [1.29, 1.82) is 0 Å². The highest BCUT2D eigenvalue weighted by molar-refractivity contribution is 9.10. The van der Waals surface area contributed by atoms with Crippen molar-refractivity contribution in [3.05, 3.63) is 63.6 Å². The highest BCUT2D eigenvalue weighted by Gasteiger charge is 2.07. The Morgan fingerprint density at radius 1 is 1.10 bits per heavy atom. The molecular weight excluding hydrogens is 320 g/mol. The molecular formula is C15H13BrN2O2. The molecule has 5 heteroatoms. The minimum absolute atomic E-state index is 0.316. The Hall–Kier alpha value is -2.01. The van der Waals surface area contributed by atoms with Crippen molar-refractivity contribution in [3.8, 4) is 0 Å². The lowest BCUT2D eigenvalue weighted by atomic mass is 10.3. The SMILES string of the molecule is O=c1oc2ccccc2n1CCNc1ccc(Br)cc1. The summed E-state index contributed by atoms with van der Waals surface area (Å²) in [6, 6.07) is 15.4. The molecule has 0 unspecified atom stereocenters. The van der Waals surface area contributed by atoms with Crippen molar-refractivity contribution in [2.75, 3.05) is 11.9 Å². The van der Waals surface area contributed by atoms with E-state index < -0.39 is 0 Å². The van der Waals surface area contributed by atoms with Crippen LogP contribution in [0.2, 0.25) is 0 Å². The molecule has 1 N–H and O–H groups in total. The number of nitrogens with one attached hydrogen (secondary N) is 1. The zero-order chi connectivity index (χ0) is 13.9. The zero-order valence-corrected chi connectivity index (χ0v) is 12.3. The largest absolute Gasteiger partial charge is 0.420 e. The lowest BCUT2D eigenvalue weighted by Gasteiger charge is -2.06. The van der Waals surface area contributed by atoms with Gasteiger partial charge in [-0.25, -0.2) is 4.79 Å². The van der Waals surface area contributed by atoms with E-state index in [1.54, 1.807) is 10.6 Å². The summed E-state index contributed by atoms with van der Waals surface area (Å²) in [5.41, 5.74) is 2.48. The van der Waals surface area contributed by atoms with E-state index in [-0.39, 0.29) is 5.76 Å². The summed E-state index contributed by atoms with van der Waals surface area (Å²) >= 11 is 3.40. The number of para-hydroxylation sites is 2. The average molecular weight is 333 g/mol. The number of hydrogen-bond donors (Lipinski definition) is 1. The molecule has 0 aliphatic carbocycles. The van der Waals surface area contributed by atoms with Crippen molar-refractivity contribution in [1.82, 2.24) is 4.57 Å². The van der Waals surface area contributed by atoms with Gasteiger partial charge in [0, 0.05) is 23.2 Å². The summed E-state index contributed by atoms with van der Waals surface area (Å²) in [4.78, 5) is 11.8. The van der Waals surface area contributed by atoms with Crippen LogP contribution in [-0.2, 0) is 6.54 Å². The first-order valence-electron chi connectivity index (χ1n) is 6.32. The third-order valence-electron chi connectivity index (χ3n) is 3.08. The fraction of sp³-hybridized carbons (Fsp3) is 0.133. The molecule has 0 bridgehead atoms. The fourth-order valence-electron chi connectivity index (χ4n) is 2.11. The standard InChI is InChI=1S/C15H13BrN2O2/c16-11-5-7-12(8-6-11)17-9-10-18-13-3-1-2-4-14(13)20-15(18)19/h1-8,17H,9-10H2. The number of hydrogen-bond acceptors (Lipinski definition) is 3. The van der Waals surface area contributed by atoms with Crippen molar-refractivity contribution >= 4 is 32.7 Å². The summed E-state index contributed by atoms with van der Waals surface area (Å²) in [7, 11) is 0. The van der Waals surface area contributed by atoms with Gasteiger partial charge >= 0.3 is 5.76 Å². The normalized spacial score (nSPS) is 10.8. The van der Waals surface area contributed by atoms with Gasteiger partial charge in [-0.15, -0.1) is 0 Å². The Balaban J connectivity index is 1.72. The molecule has 0 spiro atoms. The molecule has 0 fully saturated rings. The van der Waals surface area contributed by atoms with Crippen LogP contribution in [0.4, 0.5) is 5.69 Å². The van der Waals surface area contributed by atoms with Crippen LogP contribution in [-0.4, -0.2) is 11.1 Å². The number of halogens is 1. The number of rotatable bonds is 4.